The molecule has 89 heavy (non-hydrogen) atoms. The number of aliphatic hydroxyl groups excluding tert-OH is 3. The van der Waals surface area contributed by atoms with Gasteiger partial charge in [-0.25, -0.2) is 14.4 Å². The zero-order chi connectivity index (χ0) is 64.5. The van der Waals surface area contributed by atoms with Gasteiger partial charge in [0.05, 0.1) is 88.9 Å². The number of rotatable bonds is 8. The van der Waals surface area contributed by atoms with Crippen LogP contribution in [-0.4, -0.2) is 115 Å². The number of carbonyl (C=O) groups is 8. The first kappa shape index (κ1) is 64.7. The maximum absolute atomic E-state index is 13.1. The van der Waals surface area contributed by atoms with Gasteiger partial charge in [-0.15, -0.1) is 0 Å². The van der Waals surface area contributed by atoms with Gasteiger partial charge in [0.25, 0.3) is 0 Å². The van der Waals surface area contributed by atoms with E-state index >= 15 is 0 Å². The molecule has 12 rings (SSSR count). The molecule has 3 aromatic heterocycles. The lowest BCUT2D eigenvalue weighted by Gasteiger charge is -2.61. The first-order valence-corrected chi connectivity index (χ1v) is 30.5. The second-order valence-electron chi connectivity index (χ2n) is 27.2. The Bertz CT molecular complexity index is 3300. The molecule has 482 valence electrons. The summed E-state index contributed by atoms with van der Waals surface area (Å²) >= 11 is 0. The lowest BCUT2D eigenvalue weighted by Crippen LogP contribution is -2.63. The monoisotopic (exact) mass is 1240 g/mol. The number of hydrogen-bond donors (Lipinski definition) is 3. The third-order valence-corrected chi connectivity index (χ3v) is 22.3. The predicted octanol–water partition coefficient (Wildman–Crippen LogP) is 8.59. The quantitative estimate of drug-likeness (QED) is 0.140. The molecule has 3 aromatic rings. The maximum Gasteiger partial charge on any atom is 0.334 e. The molecule has 0 spiro atoms. The normalized spacial score (nSPS) is 39.9. The number of hydrogen-bond acceptors (Lipinski definition) is 22. The summed E-state index contributed by atoms with van der Waals surface area (Å²) in [6.45, 7) is 14.4. The molecule has 20 atom stereocenters. The molecule has 3 unspecified atom stereocenters. The first-order valence-electron chi connectivity index (χ1n) is 30.5. The van der Waals surface area contributed by atoms with Crippen LogP contribution in [0, 0.1) is 68.0 Å². The van der Waals surface area contributed by atoms with Crippen molar-refractivity contribution >= 4 is 47.8 Å². The summed E-state index contributed by atoms with van der Waals surface area (Å²) in [5.41, 5.74) is -0.299. The van der Waals surface area contributed by atoms with Gasteiger partial charge in [-0.2, -0.15) is 0 Å². The summed E-state index contributed by atoms with van der Waals surface area (Å²) in [7, 11) is 3.98. The number of aliphatic hydroxyl groups is 3. The minimum absolute atomic E-state index is 0.224. The van der Waals surface area contributed by atoms with E-state index in [1.165, 1.54) is 59.9 Å². The Balaban J connectivity index is 0.000000148. The first-order chi connectivity index (χ1) is 42.0. The molecule has 0 aromatic carbocycles. The van der Waals surface area contributed by atoms with E-state index in [1.807, 2.05) is 40.7 Å². The van der Waals surface area contributed by atoms with Gasteiger partial charge in [-0.3, -0.25) is 24.0 Å². The molecule has 0 radical (unpaired) electrons. The molecule has 3 N–H and O–H groups in total. The van der Waals surface area contributed by atoms with E-state index in [9.17, 15) is 53.7 Å². The molecule has 9 aliphatic rings. The minimum Gasteiger partial charge on any atom is -0.472 e. The Kier molecular flexibility index (Phi) is 17.5. The Morgan fingerprint density at radius 2 is 0.876 bits per heavy atom. The number of ether oxygens (including phenoxy) is 8. The van der Waals surface area contributed by atoms with Crippen LogP contribution in [0.4, 0.5) is 0 Å². The second kappa shape index (κ2) is 24.1. The van der Waals surface area contributed by atoms with Crippen LogP contribution in [0.15, 0.2) is 104 Å². The summed E-state index contributed by atoms with van der Waals surface area (Å²) < 4.78 is 58.8. The molecule has 22 heteroatoms. The molecular formula is C67H82O22. The largest absolute Gasteiger partial charge is 0.472 e. The smallest absolute Gasteiger partial charge is 0.334 e. The number of methoxy groups -OCH3 is 3. The highest BCUT2D eigenvalue weighted by atomic mass is 16.6. The molecule has 3 saturated carbocycles. The Morgan fingerprint density at radius 3 is 1.27 bits per heavy atom. The van der Waals surface area contributed by atoms with Gasteiger partial charge >= 0.3 is 47.8 Å². The van der Waals surface area contributed by atoms with Gasteiger partial charge in [-0.1, -0.05) is 47.6 Å². The fraction of sp³-hybridized carbons (Fsp3) is 0.612. The number of carbonyl (C=O) groups excluding carboxylic acids is 8. The fourth-order valence-electron chi connectivity index (χ4n) is 18.6. The molecule has 3 saturated heterocycles. The third kappa shape index (κ3) is 10.9. The van der Waals surface area contributed by atoms with Crippen molar-refractivity contribution in [3.63, 3.8) is 0 Å². The van der Waals surface area contributed by atoms with Crippen molar-refractivity contribution in [3.8, 4) is 0 Å². The van der Waals surface area contributed by atoms with Crippen molar-refractivity contribution < 1.29 is 105 Å². The fourth-order valence-corrected chi connectivity index (χ4v) is 18.6. The van der Waals surface area contributed by atoms with Crippen molar-refractivity contribution in [1.29, 1.82) is 0 Å². The van der Waals surface area contributed by atoms with E-state index in [2.05, 4.69) is 6.92 Å². The summed E-state index contributed by atoms with van der Waals surface area (Å²) in [4.78, 5) is 100. The third-order valence-electron chi connectivity index (χ3n) is 22.3. The molecule has 0 amide bonds. The minimum atomic E-state index is -1.20. The second-order valence-corrected chi connectivity index (χ2v) is 27.2. The van der Waals surface area contributed by atoms with E-state index < -0.39 is 129 Å². The van der Waals surface area contributed by atoms with E-state index in [4.69, 9.17) is 51.1 Å². The highest BCUT2D eigenvalue weighted by Gasteiger charge is 2.69. The summed E-state index contributed by atoms with van der Waals surface area (Å²) in [6, 6.07) is 5.31. The van der Waals surface area contributed by atoms with Crippen LogP contribution in [0.2, 0.25) is 0 Å². The number of furan rings is 3. The molecular weight excluding hydrogens is 1160 g/mol. The maximum atomic E-state index is 13.1. The van der Waals surface area contributed by atoms with Gasteiger partial charge in [0.2, 0.25) is 0 Å². The van der Waals surface area contributed by atoms with E-state index in [0.717, 1.165) is 16.7 Å². The molecule has 6 fully saturated rings. The van der Waals surface area contributed by atoms with Crippen LogP contribution in [-0.2, 0) is 76.3 Å². The Morgan fingerprint density at radius 1 is 0.506 bits per heavy atom. The van der Waals surface area contributed by atoms with Crippen molar-refractivity contribution in [2.45, 2.75) is 168 Å². The van der Waals surface area contributed by atoms with Crippen molar-refractivity contribution in [2.24, 2.45) is 68.0 Å². The Hall–Kier alpha value is -7.30. The van der Waals surface area contributed by atoms with Gasteiger partial charge in [0.1, 0.15) is 36.6 Å². The molecule has 22 nitrogen and oxygen atoms in total. The van der Waals surface area contributed by atoms with Crippen LogP contribution in [0.3, 0.4) is 0 Å². The van der Waals surface area contributed by atoms with Crippen LogP contribution in [0.1, 0.15) is 155 Å². The van der Waals surface area contributed by atoms with Crippen molar-refractivity contribution in [2.75, 3.05) is 21.3 Å². The molecule has 0 bridgehead atoms. The predicted molar refractivity (Wildman–Crippen MR) is 308 cm³/mol. The summed E-state index contributed by atoms with van der Waals surface area (Å²) in [6.07, 6.45) is 12.9. The molecule has 6 heterocycles. The zero-order valence-electron chi connectivity index (χ0n) is 52.2. The van der Waals surface area contributed by atoms with Crippen LogP contribution in [0.25, 0.3) is 0 Å². The Labute approximate surface area is 515 Å². The standard InChI is InChI=1S/2C23H28O8.C21H26O6/c1-12(24)30-16-9-15(20(26)28-4)22(2)7-5-14-21(27)31-17(13-6-8-29-11-13)10-23(14,3)19(22)18(16)25;1-12(24)30-18-16(25)9-15(20(26)28-4)22(2)7-5-14-21(27)31-17(13-6-8-29-11-13)10-23(14,3)19(18)22;1-20-8-6-14-19(24)27-16(12-7-9-26-11-12)10-21(14,2)17(20)15(22)5-4-13(20)18(23)25-3/h2*6,8-9,11,14,16-19,25H,5,7,10H2,1-4H3;4,7,9,11,14-17,22H,5-6,8,10H2,1-3H3/t2*14-,16-,17-,18-,19?,22-,23-;14-,15-,16-,17?,20-,21-/m000/s1. The van der Waals surface area contributed by atoms with Gasteiger partial charge < -0.3 is 66.5 Å². The molecule has 3 aliphatic heterocycles. The van der Waals surface area contributed by atoms with Crippen molar-refractivity contribution in [1.82, 2.24) is 0 Å². The van der Waals surface area contributed by atoms with Gasteiger partial charge in [0.15, 0.2) is 0 Å². The van der Waals surface area contributed by atoms with Crippen LogP contribution >= 0.6 is 0 Å². The number of cyclic esters (lactones) is 3. The van der Waals surface area contributed by atoms with E-state index in [-0.39, 0.29) is 35.7 Å². The highest BCUT2D eigenvalue weighted by Crippen LogP contribution is 2.68. The average Bonchev–Trinajstić information content (AvgIpc) is 1.20. The van der Waals surface area contributed by atoms with Gasteiger partial charge in [-0.05, 0) is 111 Å². The van der Waals surface area contributed by atoms with Gasteiger partial charge in [0, 0.05) is 81.3 Å². The molecule has 6 aliphatic carbocycles. The topological polar surface area (TPSA) is 311 Å². The zero-order valence-corrected chi connectivity index (χ0v) is 52.2. The lowest BCUT2D eigenvalue weighted by molar-refractivity contribution is -0.213. The summed E-state index contributed by atoms with van der Waals surface area (Å²) in [5, 5.41) is 33.3. The van der Waals surface area contributed by atoms with Crippen LogP contribution < -0.4 is 0 Å². The number of esters is 8. The highest BCUT2D eigenvalue weighted by molar-refractivity contribution is 5.92. The number of fused-ring (bicyclic) bond motifs is 9. The van der Waals surface area contributed by atoms with E-state index in [1.54, 1.807) is 43.3 Å². The van der Waals surface area contributed by atoms with E-state index in [0.29, 0.717) is 80.9 Å². The average molecular weight is 1240 g/mol. The van der Waals surface area contributed by atoms with Crippen LogP contribution in [0.5, 0.6) is 0 Å². The summed E-state index contributed by atoms with van der Waals surface area (Å²) in [5.74, 6) is -5.82. The lowest BCUT2D eigenvalue weighted by atomic mass is 9.44. The van der Waals surface area contributed by atoms with Crippen molar-refractivity contribution in [3.05, 3.63) is 107 Å². The SMILES string of the molecule is COC(=O)C1=CC[C@H](O)C2[C@@]1(C)CC[C@H]1C(=O)O[C@H](c3ccoc3)C[C@]21C.COC(=O)C1=C[C@H](O)[C@H](OC(C)=O)C2[C@@]1(C)CC[C@H]1C(=O)O[C@H](c3ccoc3)C[C@]21C.COC(=O)C1=C[C@H](OC(C)=O)[C@H](O)C2[C@@]1(C)CC[C@H]1C(=O)O[C@H](c3ccoc3)C[C@]21C.